The Morgan fingerprint density at radius 2 is 1.92 bits per heavy atom. The molecule has 3 aliphatic heterocycles. The number of primary amides is 1. The first-order chi connectivity index (χ1) is 18.2. The van der Waals surface area contributed by atoms with Crippen molar-refractivity contribution in [1.82, 2.24) is 9.80 Å². The number of piperazine rings is 1. The van der Waals surface area contributed by atoms with E-state index < -0.39 is 24.0 Å². The van der Waals surface area contributed by atoms with Gasteiger partial charge in [0.05, 0.1) is 19.1 Å². The number of hydrogen-bond donors (Lipinski definition) is 1. The van der Waals surface area contributed by atoms with E-state index in [0.29, 0.717) is 30.8 Å². The molecule has 0 spiro atoms. The Hall–Kier alpha value is -2.53. The number of methoxy groups -OCH3 is 1. The first-order valence-corrected chi connectivity index (χ1v) is 13.7. The number of benzene rings is 1. The standard InChI is InChI=1S/C28H42N4O6/c1-5-37-24-16-32(25-23(33)17-38-26(24)25)28(35)22(14-18(2)3)21-15-19(6-7-20(21)27(29)34)31-10-8-30(9-11-31)12-13-36-4/h6-7,15,18,22,24-26H,5,8-14,16-17H2,1-4H3,(H2,29,34)/t22-,24-,25+,26+/m0/s1. The summed E-state index contributed by atoms with van der Waals surface area (Å²) >= 11 is 0. The molecule has 3 heterocycles. The van der Waals surface area contributed by atoms with Crippen LogP contribution in [0.5, 0.6) is 0 Å². The monoisotopic (exact) mass is 530 g/mol. The number of ketones is 1. The molecule has 1 aromatic carbocycles. The van der Waals surface area contributed by atoms with Gasteiger partial charge in [-0.15, -0.1) is 0 Å². The summed E-state index contributed by atoms with van der Waals surface area (Å²) in [6, 6.07) is 4.95. The lowest BCUT2D eigenvalue weighted by Crippen LogP contribution is -2.47. The number of anilines is 1. The highest BCUT2D eigenvalue weighted by Crippen LogP contribution is 2.37. The first kappa shape index (κ1) is 28.5. The van der Waals surface area contributed by atoms with Crippen LogP contribution < -0.4 is 10.6 Å². The average molecular weight is 531 g/mol. The maximum Gasteiger partial charge on any atom is 0.249 e. The predicted octanol–water partition coefficient (Wildman–Crippen LogP) is 1.27. The summed E-state index contributed by atoms with van der Waals surface area (Å²) in [5.41, 5.74) is 7.74. The third kappa shape index (κ3) is 6.03. The molecule has 3 saturated heterocycles. The van der Waals surface area contributed by atoms with E-state index in [1.54, 1.807) is 18.1 Å². The minimum Gasteiger partial charge on any atom is -0.383 e. The maximum absolute atomic E-state index is 14.2. The number of amides is 2. The molecule has 2 amide bonds. The minimum atomic E-state index is -0.658. The third-order valence-electron chi connectivity index (χ3n) is 7.83. The van der Waals surface area contributed by atoms with Gasteiger partial charge in [0, 0.05) is 57.7 Å². The predicted molar refractivity (Wildman–Crippen MR) is 143 cm³/mol. The second kappa shape index (κ2) is 12.5. The van der Waals surface area contributed by atoms with Gasteiger partial charge in [-0.1, -0.05) is 13.8 Å². The van der Waals surface area contributed by atoms with Gasteiger partial charge in [0.1, 0.15) is 24.9 Å². The molecule has 38 heavy (non-hydrogen) atoms. The van der Waals surface area contributed by atoms with E-state index in [1.807, 2.05) is 32.9 Å². The van der Waals surface area contributed by atoms with Crippen molar-refractivity contribution in [2.24, 2.45) is 11.7 Å². The molecular formula is C28H42N4O6. The van der Waals surface area contributed by atoms with Gasteiger partial charge in [-0.05, 0) is 43.0 Å². The Balaban J connectivity index is 1.64. The van der Waals surface area contributed by atoms with Crippen molar-refractivity contribution in [2.45, 2.75) is 51.4 Å². The number of ether oxygens (including phenoxy) is 3. The highest BCUT2D eigenvalue weighted by molar-refractivity contribution is 5.99. The van der Waals surface area contributed by atoms with Gasteiger partial charge in [0.15, 0.2) is 5.78 Å². The van der Waals surface area contributed by atoms with Crippen LogP contribution in [0.15, 0.2) is 18.2 Å². The summed E-state index contributed by atoms with van der Waals surface area (Å²) in [7, 11) is 1.71. The van der Waals surface area contributed by atoms with Crippen molar-refractivity contribution < 1.29 is 28.6 Å². The Bertz CT molecular complexity index is 1010. The number of nitrogens with two attached hydrogens (primary N) is 1. The van der Waals surface area contributed by atoms with Crippen LogP contribution in [0, 0.1) is 5.92 Å². The Morgan fingerprint density at radius 3 is 2.55 bits per heavy atom. The number of nitrogens with zero attached hydrogens (tertiary/aromatic N) is 3. The van der Waals surface area contributed by atoms with Gasteiger partial charge >= 0.3 is 0 Å². The summed E-state index contributed by atoms with van der Waals surface area (Å²) in [6.07, 6.45) is -0.283. The molecule has 4 atom stereocenters. The van der Waals surface area contributed by atoms with Gasteiger partial charge in [-0.25, -0.2) is 0 Å². The number of carbonyl (C=O) groups excluding carboxylic acids is 3. The van der Waals surface area contributed by atoms with E-state index >= 15 is 0 Å². The fraction of sp³-hybridized carbons (Fsp3) is 0.679. The van der Waals surface area contributed by atoms with Crippen LogP contribution in [-0.4, -0.2) is 112 Å². The molecule has 0 aliphatic carbocycles. The molecule has 0 bridgehead atoms. The van der Waals surface area contributed by atoms with Crippen LogP contribution in [-0.2, 0) is 23.8 Å². The molecule has 3 fully saturated rings. The minimum absolute atomic E-state index is 0.0179. The number of likely N-dealkylation sites (tertiary alicyclic amines) is 1. The Morgan fingerprint density at radius 1 is 1.18 bits per heavy atom. The summed E-state index contributed by atoms with van der Waals surface area (Å²) < 4.78 is 16.8. The summed E-state index contributed by atoms with van der Waals surface area (Å²) in [4.78, 5) is 45.8. The summed E-state index contributed by atoms with van der Waals surface area (Å²) in [6.45, 7) is 11.8. The molecule has 0 saturated carbocycles. The lowest BCUT2D eigenvalue weighted by molar-refractivity contribution is -0.138. The van der Waals surface area contributed by atoms with Gasteiger partial charge in [-0.3, -0.25) is 19.3 Å². The van der Waals surface area contributed by atoms with E-state index in [4.69, 9.17) is 19.9 Å². The van der Waals surface area contributed by atoms with Gasteiger partial charge in [0.2, 0.25) is 11.8 Å². The van der Waals surface area contributed by atoms with Crippen LogP contribution in [0.2, 0.25) is 0 Å². The number of hydrogen-bond acceptors (Lipinski definition) is 8. The molecule has 4 rings (SSSR count). The van der Waals surface area contributed by atoms with Crippen LogP contribution >= 0.6 is 0 Å². The van der Waals surface area contributed by atoms with E-state index in [9.17, 15) is 14.4 Å². The fourth-order valence-electron chi connectivity index (χ4n) is 5.94. The summed E-state index contributed by atoms with van der Waals surface area (Å²) in [5, 5.41) is 0. The normalized spacial score (nSPS) is 24.8. The Labute approximate surface area is 225 Å². The number of Topliss-reactive ketones (excluding diaryl/α,β-unsaturated/α-hetero) is 1. The quantitative estimate of drug-likeness (QED) is 0.455. The molecule has 10 heteroatoms. The van der Waals surface area contributed by atoms with E-state index in [0.717, 1.165) is 38.4 Å². The van der Waals surface area contributed by atoms with Crippen molar-refractivity contribution in [1.29, 1.82) is 0 Å². The first-order valence-electron chi connectivity index (χ1n) is 13.7. The van der Waals surface area contributed by atoms with E-state index in [-0.39, 0.29) is 36.9 Å². The highest BCUT2D eigenvalue weighted by Gasteiger charge is 2.53. The van der Waals surface area contributed by atoms with Gasteiger partial charge < -0.3 is 29.7 Å². The molecule has 10 nitrogen and oxygen atoms in total. The van der Waals surface area contributed by atoms with E-state index in [2.05, 4.69) is 9.80 Å². The van der Waals surface area contributed by atoms with E-state index in [1.165, 1.54) is 0 Å². The second-order valence-electron chi connectivity index (χ2n) is 10.8. The van der Waals surface area contributed by atoms with Crippen molar-refractivity contribution in [2.75, 3.05) is 71.1 Å². The zero-order valence-electron chi connectivity index (χ0n) is 23.1. The molecule has 210 valence electrons. The van der Waals surface area contributed by atoms with Crippen molar-refractivity contribution >= 4 is 23.3 Å². The maximum atomic E-state index is 14.2. The molecule has 0 aromatic heterocycles. The zero-order valence-corrected chi connectivity index (χ0v) is 23.1. The Kier molecular flexibility index (Phi) is 9.40. The van der Waals surface area contributed by atoms with Crippen molar-refractivity contribution in [3.8, 4) is 0 Å². The molecule has 0 radical (unpaired) electrons. The molecule has 3 aliphatic rings. The summed E-state index contributed by atoms with van der Waals surface area (Å²) in [5.74, 6) is -1.30. The van der Waals surface area contributed by atoms with Crippen LogP contribution in [0.1, 0.15) is 49.0 Å². The molecule has 0 unspecified atom stereocenters. The lowest BCUT2D eigenvalue weighted by atomic mass is 9.85. The fourth-order valence-corrected chi connectivity index (χ4v) is 5.94. The zero-order chi connectivity index (χ0) is 27.4. The number of fused-ring (bicyclic) bond motifs is 1. The highest BCUT2D eigenvalue weighted by atomic mass is 16.6. The van der Waals surface area contributed by atoms with Crippen LogP contribution in [0.3, 0.4) is 0 Å². The van der Waals surface area contributed by atoms with Crippen molar-refractivity contribution in [3.63, 3.8) is 0 Å². The van der Waals surface area contributed by atoms with Gasteiger partial charge in [0.25, 0.3) is 0 Å². The molecular weight excluding hydrogens is 488 g/mol. The third-order valence-corrected chi connectivity index (χ3v) is 7.83. The number of rotatable bonds is 11. The molecule has 2 N–H and O–H groups in total. The smallest absolute Gasteiger partial charge is 0.249 e. The van der Waals surface area contributed by atoms with Crippen LogP contribution in [0.4, 0.5) is 5.69 Å². The van der Waals surface area contributed by atoms with Crippen LogP contribution in [0.25, 0.3) is 0 Å². The van der Waals surface area contributed by atoms with Gasteiger partial charge in [-0.2, -0.15) is 0 Å². The SMILES string of the molecule is CCO[C@H]1CN(C(=O)[C@@H](CC(C)C)c2cc(N3CCN(CCOC)CC3)ccc2C(N)=O)[C@@H]2C(=O)CO[C@H]12. The lowest BCUT2D eigenvalue weighted by Gasteiger charge is -2.36. The van der Waals surface area contributed by atoms with Crippen molar-refractivity contribution in [3.05, 3.63) is 29.3 Å². The largest absolute Gasteiger partial charge is 0.383 e. The topological polar surface area (TPSA) is 115 Å². The second-order valence-corrected chi connectivity index (χ2v) is 10.8. The average Bonchev–Trinajstić information content (AvgIpc) is 3.46. The molecule has 1 aromatic rings. The number of carbonyl (C=O) groups is 3.